The third kappa shape index (κ3) is 5.02. The largest absolute Gasteiger partial charge is 0.310 e. The summed E-state index contributed by atoms with van der Waals surface area (Å²) in [5.74, 6) is -0.0874. The van der Waals surface area contributed by atoms with Gasteiger partial charge in [-0.05, 0) is 50.6 Å². The fourth-order valence-electron chi connectivity index (χ4n) is 2.89. The van der Waals surface area contributed by atoms with Gasteiger partial charge in [-0.2, -0.15) is 5.26 Å². The van der Waals surface area contributed by atoms with E-state index in [9.17, 15) is 4.79 Å². The van der Waals surface area contributed by atoms with Gasteiger partial charge in [-0.25, -0.2) is 0 Å². The van der Waals surface area contributed by atoms with Crippen LogP contribution in [0.15, 0.2) is 53.9 Å². The molecule has 0 aliphatic rings. The molecule has 154 valence electrons. The van der Waals surface area contributed by atoms with E-state index in [1.165, 1.54) is 11.8 Å². The van der Waals surface area contributed by atoms with Crippen LogP contribution in [0.1, 0.15) is 24.5 Å². The molecule has 1 amide bonds. The van der Waals surface area contributed by atoms with Crippen LogP contribution < -0.4 is 4.90 Å². The van der Waals surface area contributed by atoms with E-state index in [1.807, 2.05) is 67.8 Å². The minimum absolute atomic E-state index is 0.0874. The predicted octanol–water partition coefficient (Wildman–Crippen LogP) is 4.97. The normalized spacial score (nSPS) is 11.7. The fraction of sp³-hybridized carbons (Fsp3) is 0.273. The first kappa shape index (κ1) is 21.9. The SMILES string of the molecule is Cc1ccc(N(CCC#N)C(=O)C(C)Sc2nncn2-c2ccc(C)c(Cl)c2)cc1. The maximum atomic E-state index is 13.2. The van der Waals surface area contributed by atoms with E-state index in [-0.39, 0.29) is 12.3 Å². The molecule has 6 nitrogen and oxygen atoms in total. The molecule has 0 fully saturated rings. The first-order valence-electron chi connectivity index (χ1n) is 9.49. The lowest BCUT2D eigenvalue weighted by molar-refractivity contribution is -0.117. The maximum absolute atomic E-state index is 13.2. The highest BCUT2D eigenvalue weighted by molar-refractivity contribution is 8.00. The van der Waals surface area contributed by atoms with Crippen molar-refractivity contribution in [2.75, 3.05) is 11.4 Å². The van der Waals surface area contributed by atoms with E-state index in [1.54, 1.807) is 11.2 Å². The van der Waals surface area contributed by atoms with Crippen molar-refractivity contribution >= 4 is 35.0 Å². The molecule has 3 aromatic rings. The van der Waals surface area contributed by atoms with Gasteiger partial charge in [0, 0.05) is 17.3 Å². The third-order valence-electron chi connectivity index (χ3n) is 4.64. The molecule has 0 aliphatic carbocycles. The summed E-state index contributed by atoms with van der Waals surface area (Å²) in [7, 11) is 0. The van der Waals surface area contributed by atoms with Crippen LogP contribution >= 0.6 is 23.4 Å². The molecular formula is C22H22ClN5OS. The molecule has 0 saturated heterocycles. The van der Waals surface area contributed by atoms with E-state index in [4.69, 9.17) is 16.9 Å². The first-order chi connectivity index (χ1) is 14.4. The van der Waals surface area contributed by atoms with Crippen molar-refractivity contribution in [3.8, 4) is 11.8 Å². The molecule has 8 heteroatoms. The van der Waals surface area contributed by atoms with E-state index in [0.29, 0.717) is 16.7 Å². The average Bonchev–Trinajstić information content (AvgIpc) is 3.19. The van der Waals surface area contributed by atoms with Gasteiger partial charge in [-0.3, -0.25) is 9.36 Å². The molecule has 0 bridgehead atoms. The number of hydrogen-bond donors (Lipinski definition) is 0. The predicted molar refractivity (Wildman–Crippen MR) is 120 cm³/mol. The zero-order valence-corrected chi connectivity index (χ0v) is 18.6. The minimum Gasteiger partial charge on any atom is -0.310 e. The smallest absolute Gasteiger partial charge is 0.240 e. The number of halogens is 1. The molecule has 3 rings (SSSR count). The van der Waals surface area contributed by atoms with Gasteiger partial charge in [0.15, 0.2) is 5.16 Å². The van der Waals surface area contributed by atoms with Crippen molar-refractivity contribution in [3.05, 3.63) is 64.9 Å². The summed E-state index contributed by atoms with van der Waals surface area (Å²) in [6, 6.07) is 15.6. The lowest BCUT2D eigenvalue weighted by atomic mass is 10.2. The lowest BCUT2D eigenvalue weighted by Crippen LogP contribution is -2.37. The zero-order valence-electron chi connectivity index (χ0n) is 17.0. The van der Waals surface area contributed by atoms with E-state index in [2.05, 4.69) is 16.3 Å². The van der Waals surface area contributed by atoms with Crippen molar-refractivity contribution in [1.82, 2.24) is 14.8 Å². The summed E-state index contributed by atoms with van der Waals surface area (Å²) in [4.78, 5) is 14.9. The molecule has 2 aromatic carbocycles. The number of amides is 1. The molecule has 1 atom stereocenters. The highest BCUT2D eigenvalue weighted by Gasteiger charge is 2.25. The van der Waals surface area contributed by atoms with E-state index >= 15 is 0 Å². The van der Waals surface area contributed by atoms with Crippen LogP contribution in [0.3, 0.4) is 0 Å². The number of nitriles is 1. The van der Waals surface area contributed by atoms with Crippen LogP contribution in [0, 0.1) is 25.2 Å². The topological polar surface area (TPSA) is 74.8 Å². The number of hydrogen-bond acceptors (Lipinski definition) is 5. The number of nitrogens with zero attached hydrogens (tertiary/aromatic N) is 5. The number of rotatable bonds is 7. The van der Waals surface area contributed by atoms with Gasteiger partial charge in [0.1, 0.15) is 6.33 Å². The lowest BCUT2D eigenvalue weighted by Gasteiger charge is -2.25. The highest BCUT2D eigenvalue weighted by Crippen LogP contribution is 2.28. The van der Waals surface area contributed by atoms with Crippen LogP contribution in [-0.2, 0) is 4.79 Å². The molecular weight excluding hydrogens is 418 g/mol. The molecule has 1 aromatic heterocycles. The van der Waals surface area contributed by atoms with Gasteiger partial charge in [0.05, 0.1) is 23.4 Å². The summed E-state index contributed by atoms with van der Waals surface area (Å²) in [5.41, 5.74) is 3.70. The second-order valence-electron chi connectivity index (χ2n) is 6.91. The Balaban J connectivity index is 1.82. The first-order valence-corrected chi connectivity index (χ1v) is 10.7. The van der Waals surface area contributed by atoms with Crippen molar-refractivity contribution in [3.63, 3.8) is 0 Å². The standard InChI is InChI=1S/C22H22ClN5OS/c1-15-5-8-18(9-6-15)27(12-4-11-24)21(29)17(3)30-22-26-25-14-28(22)19-10-7-16(2)20(23)13-19/h5-10,13-14,17H,4,12H2,1-3H3. The number of carbonyl (C=O) groups is 1. The Labute approximate surface area is 185 Å². The van der Waals surface area contributed by atoms with Gasteiger partial charge in [0.25, 0.3) is 0 Å². The van der Waals surface area contributed by atoms with Crippen LogP contribution in [0.5, 0.6) is 0 Å². The van der Waals surface area contributed by atoms with Gasteiger partial charge in [-0.15, -0.1) is 10.2 Å². The van der Waals surface area contributed by atoms with Gasteiger partial charge >= 0.3 is 0 Å². The molecule has 0 spiro atoms. The summed E-state index contributed by atoms with van der Waals surface area (Å²) < 4.78 is 1.81. The fourth-order valence-corrected chi connectivity index (χ4v) is 3.97. The Bertz CT molecular complexity index is 1070. The second-order valence-corrected chi connectivity index (χ2v) is 8.63. The Kier molecular flexibility index (Phi) is 7.14. The molecule has 1 heterocycles. The quantitative estimate of drug-likeness (QED) is 0.486. The highest BCUT2D eigenvalue weighted by atomic mass is 35.5. The number of aromatic nitrogens is 3. The van der Waals surface area contributed by atoms with Gasteiger partial charge in [0.2, 0.25) is 5.91 Å². The monoisotopic (exact) mass is 439 g/mol. The van der Waals surface area contributed by atoms with Crippen molar-refractivity contribution in [1.29, 1.82) is 5.26 Å². The Morgan fingerprint density at radius 3 is 2.67 bits per heavy atom. The zero-order chi connectivity index (χ0) is 21.7. The van der Waals surface area contributed by atoms with E-state index < -0.39 is 5.25 Å². The molecule has 0 aliphatic heterocycles. The number of anilines is 1. The summed E-state index contributed by atoms with van der Waals surface area (Å²) in [6.45, 7) is 6.11. The summed E-state index contributed by atoms with van der Waals surface area (Å²) >= 11 is 7.58. The third-order valence-corrected chi connectivity index (χ3v) is 6.09. The Hall–Kier alpha value is -2.82. The number of benzene rings is 2. The molecule has 0 saturated carbocycles. The van der Waals surface area contributed by atoms with Gasteiger partial charge < -0.3 is 4.90 Å². The van der Waals surface area contributed by atoms with Crippen LogP contribution in [0.25, 0.3) is 5.69 Å². The van der Waals surface area contributed by atoms with Gasteiger partial charge in [-0.1, -0.05) is 47.1 Å². The van der Waals surface area contributed by atoms with Crippen LogP contribution in [0.2, 0.25) is 5.02 Å². The number of carbonyl (C=O) groups excluding carboxylic acids is 1. The minimum atomic E-state index is -0.422. The van der Waals surface area contributed by atoms with Crippen molar-refractivity contribution in [2.45, 2.75) is 37.6 Å². The van der Waals surface area contributed by atoms with E-state index in [0.717, 1.165) is 22.5 Å². The molecule has 0 N–H and O–H groups in total. The van der Waals surface area contributed by atoms with Crippen molar-refractivity contribution < 1.29 is 4.79 Å². The second kappa shape index (κ2) is 9.79. The maximum Gasteiger partial charge on any atom is 0.240 e. The molecule has 1 unspecified atom stereocenters. The Morgan fingerprint density at radius 1 is 1.27 bits per heavy atom. The molecule has 0 radical (unpaired) electrons. The Morgan fingerprint density at radius 2 is 2.00 bits per heavy atom. The summed E-state index contributed by atoms with van der Waals surface area (Å²) in [5, 5.41) is 18.0. The van der Waals surface area contributed by atoms with Crippen LogP contribution in [0.4, 0.5) is 5.69 Å². The summed E-state index contributed by atoms with van der Waals surface area (Å²) in [6.07, 6.45) is 1.86. The molecule has 30 heavy (non-hydrogen) atoms. The van der Waals surface area contributed by atoms with Crippen molar-refractivity contribution in [2.24, 2.45) is 0 Å². The number of thioether (sulfide) groups is 1. The average molecular weight is 440 g/mol. The number of aryl methyl sites for hydroxylation is 2. The van der Waals surface area contributed by atoms with Crippen LogP contribution in [-0.4, -0.2) is 32.5 Å².